The smallest absolute Gasteiger partial charge is 0.220 e. The van der Waals surface area contributed by atoms with E-state index in [2.05, 4.69) is 20.9 Å². The summed E-state index contributed by atoms with van der Waals surface area (Å²) in [5.41, 5.74) is -0.657. The first-order valence-corrected chi connectivity index (χ1v) is 5.46. The fraction of sp³-hybridized carbons (Fsp3) is 0.500. The second-order valence-corrected chi connectivity index (χ2v) is 4.52. The third-order valence-electron chi connectivity index (χ3n) is 2.75. The van der Waals surface area contributed by atoms with Gasteiger partial charge < -0.3 is 5.11 Å². The monoisotopic (exact) mass is 259 g/mol. The van der Waals surface area contributed by atoms with Gasteiger partial charge in [0.15, 0.2) is 0 Å². The standard InChI is InChI=1S/C10H11BrFNO/c11-8-4-3-7(9(12)13-8)10(14)5-1-2-6-10/h3-4,14H,1-2,5-6H2. The fourth-order valence-electron chi connectivity index (χ4n) is 1.99. The first-order chi connectivity index (χ1) is 6.62. The SMILES string of the molecule is OC1(c2ccc(Br)nc2F)CCCC1. The highest BCUT2D eigenvalue weighted by atomic mass is 79.9. The van der Waals surface area contributed by atoms with Crippen LogP contribution in [0.15, 0.2) is 16.7 Å². The van der Waals surface area contributed by atoms with E-state index < -0.39 is 11.5 Å². The normalized spacial score (nSPS) is 19.9. The Labute approximate surface area is 90.3 Å². The summed E-state index contributed by atoms with van der Waals surface area (Å²) in [7, 11) is 0. The van der Waals surface area contributed by atoms with Crippen molar-refractivity contribution in [3.05, 3.63) is 28.2 Å². The van der Waals surface area contributed by atoms with Gasteiger partial charge in [0.2, 0.25) is 5.95 Å². The quantitative estimate of drug-likeness (QED) is 0.787. The van der Waals surface area contributed by atoms with Gasteiger partial charge in [0, 0.05) is 5.56 Å². The summed E-state index contributed by atoms with van der Waals surface area (Å²) in [6.45, 7) is 0. The molecule has 0 radical (unpaired) electrons. The predicted octanol–water partition coefficient (Wildman–Crippen LogP) is 2.74. The van der Waals surface area contributed by atoms with Crippen LogP contribution in [-0.2, 0) is 5.60 Å². The zero-order valence-corrected chi connectivity index (χ0v) is 9.22. The first-order valence-electron chi connectivity index (χ1n) is 4.67. The zero-order chi connectivity index (χ0) is 10.2. The maximum Gasteiger partial charge on any atom is 0.220 e. The summed E-state index contributed by atoms with van der Waals surface area (Å²) in [5.74, 6) is -0.566. The molecule has 1 aliphatic carbocycles. The molecular formula is C10H11BrFNO. The molecule has 1 heterocycles. The van der Waals surface area contributed by atoms with E-state index in [4.69, 9.17) is 0 Å². The van der Waals surface area contributed by atoms with Gasteiger partial charge in [-0.25, -0.2) is 4.98 Å². The van der Waals surface area contributed by atoms with Gasteiger partial charge in [0.1, 0.15) is 4.60 Å². The molecule has 1 N–H and O–H groups in total. The van der Waals surface area contributed by atoms with Crippen LogP contribution >= 0.6 is 15.9 Å². The molecule has 0 amide bonds. The molecule has 0 aromatic carbocycles. The Morgan fingerprint density at radius 2 is 2.00 bits per heavy atom. The number of aliphatic hydroxyl groups is 1. The largest absolute Gasteiger partial charge is 0.385 e. The topological polar surface area (TPSA) is 33.1 Å². The van der Waals surface area contributed by atoms with Crippen molar-refractivity contribution in [1.29, 1.82) is 0 Å². The average molecular weight is 260 g/mol. The number of hydrogen-bond donors (Lipinski definition) is 1. The molecule has 14 heavy (non-hydrogen) atoms. The number of rotatable bonds is 1. The van der Waals surface area contributed by atoms with Crippen LogP contribution < -0.4 is 0 Å². The number of pyridine rings is 1. The molecule has 0 bridgehead atoms. The molecule has 1 aliphatic rings. The van der Waals surface area contributed by atoms with Crippen molar-refractivity contribution in [2.24, 2.45) is 0 Å². The van der Waals surface area contributed by atoms with Crippen molar-refractivity contribution in [1.82, 2.24) is 4.98 Å². The fourth-order valence-corrected chi connectivity index (χ4v) is 2.28. The summed E-state index contributed by atoms with van der Waals surface area (Å²) < 4.78 is 13.9. The highest BCUT2D eigenvalue weighted by Gasteiger charge is 2.35. The lowest BCUT2D eigenvalue weighted by atomic mass is 9.93. The second kappa shape index (κ2) is 3.59. The van der Waals surface area contributed by atoms with Crippen molar-refractivity contribution in [2.75, 3.05) is 0 Å². The number of halogens is 2. The Kier molecular flexibility index (Phi) is 2.58. The molecule has 2 rings (SSSR count). The Bertz CT molecular complexity index is 350. The van der Waals surface area contributed by atoms with Gasteiger partial charge in [0.05, 0.1) is 5.60 Å². The molecule has 1 aromatic rings. The summed E-state index contributed by atoms with van der Waals surface area (Å²) in [4.78, 5) is 3.65. The van der Waals surface area contributed by atoms with E-state index in [1.807, 2.05) is 0 Å². The highest BCUT2D eigenvalue weighted by molar-refractivity contribution is 9.10. The van der Waals surface area contributed by atoms with Crippen LogP contribution in [0, 0.1) is 5.95 Å². The van der Waals surface area contributed by atoms with Crippen molar-refractivity contribution in [2.45, 2.75) is 31.3 Å². The van der Waals surface area contributed by atoms with E-state index in [0.29, 0.717) is 23.0 Å². The molecule has 0 saturated heterocycles. The summed E-state index contributed by atoms with van der Waals surface area (Å²) >= 11 is 3.09. The van der Waals surface area contributed by atoms with Crippen LogP contribution in [0.2, 0.25) is 0 Å². The van der Waals surface area contributed by atoms with Crippen molar-refractivity contribution in [3.63, 3.8) is 0 Å². The van der Waals surface area contributed by atoms with Crippen LogP contribution in [0.3, 0.4) is 0 Å². The van der Waals surface area contributed by atoms with Crippen molar-refractivity contribution >= 4 is 15.9 Å². The first kappa shape index (κ1) is 10.1. The van der Waals surface area contributed by atoms with E-state index in [9.17, 15) is 9.50 Å². The third kappa shape index (κ3) is 1.68. The maximum atomic E-state index is 13.4. The van der Waals surface area contributed by atoms with Gasteiger partial charge in [-0.05, 0) is 40.9 Å². The molecular weight excluding hydrogens is 249 g/mol. The Balaban J connectivity index is 2.40. The van der Waals surface area contributed by atoms with Crippen molar-refractivity contribution in [3.8, 4) is 0 Å². The van der Waals surface area contributed by atoms with Crippen LogP contribution in [0.25, 0.3) is 0 Å². The van der Waals surface area contributed by atoms with E-state index in [-0.39, 0.29) is 0 Å². The highest BCUT2D eigenvalue weighted by Crippen LogP contribution is 2.39. The van der Waals surface area contributed by atoms with E-state index in [1.165, 1.54) is 0 Å². The van der Waals surface area contributed by atoms with Gasteiger partial charge in [-0.3, -0.25) is 0 Å². The van der Waals surface area contributed by atoms with Crippen LogP contribution in [0.1, 0.15) is 31.2 Å². The molecule has 1 aromatic heterocycles. The summed E-state index contributed by atoms with van der Waals surface area (Å²) in [5, 5.41) is 10.1. The van der Waals surface area contributed by atoms with Crippen molar-refractivity contribution < 1.29 is 9.50 Å². The predicted molar refractivity (Wildman–Crippen MR) is 54.3 cm³/mol. The zero-order valence-electron chi connectivity index (χ0n) is 7.63. The van der Waals surface area contributed by atoms with E-state index >= 15 is 0 Å². The lowest BCUT2D eigenvalue weighted by molar-refractivity contribution is 0.0399. The molecule has 0 aliphatic heterocycles. The van der Waals surface area contributed by atoms with Gasteiger partial charge in [-0.1, -0.05) is 12.8 Å². The van der Waals surface area contributed by atoms with Crippen LogP contribution in [-0.4, -0.2) is 10.1 Å². The van der Waals surface area contributed by atoms with Crippen LogP contribution in [0.4, 0.5) is 4.39 Å². The lowest BCUT2D eigenvalue weighted by Crippen LogP contribution is -2.23. The van der Waals surface area contributed by atoms with E-state index in [0.717, 1.165) is 12.8 Å². The van der Waals surface area contributed by atoms with Gasteiger partial charge in [-0.2, -0.15) is 4.39 Å². The Morgan fingerprint density at radius 3 is 2.57 bits per heavy atom. The molecule has 1 saturated carbocycles. The molecule has 1 fully saturated rings. The minimum absolute atomic E-state index is 0.332. The molecule has 0 atom stereocenters. The van der Waals surface area contributed by atoms with E-state index in [1.54, 1.807) is 12.1 Å². The average Bonchev–Trinajstić information content (AvgIpc) is 2.52. The number of hydrogen-bond acceptors (Lipinski definition) is 2. The number of nitrogens with zero attached hydrogens (tertiary/aromatic N) is 1. The molecule has 0 spiro atoms. The minimum Gasteiger partial charge on any atom is -0.385 e. The minimum atomic E-state index is -0.988. The second-order valence-electron chi connectivity index (χ2n) is 3.71. The molecule has 76 valence electrons. The Morgan fingerprint density at radius 1 is 1.36 bits per heavy atom. The van der Waals surface area contributed by atoms with Gasteiger partial charge >= 0.3 is 0 Å². The summed E-state index contributed by atoms with van der Waals surface area (Å²) in [6.07, 6.45) is 3.17. The molecule has 0 unspecified atom stereocenters. The molecule has 4 heteroatoms. The molecule has 2 nitrogen and oxygen atoms in total. The third-order valence-corrected chi connectivity index (χ3v) is 3.19. The maximum absolute atomic E-state index is 13.4. The van der Waals surface area contributed by atoms with Gasteiger partial charge in [0.25, 0.3) is 0 Å². The Hall–Kier alpha value is -0.480. The van der Waals surface area contributed by atoms with Crippen LogP contribution in [0.5, 0.6) is 0 Å². The number of aromatic nitrogens is 1. The lowest BCUT2D eigenvalue weighted by Gasteiger charge is -2.22. The summed E-state index contributed by atoms with van der Waals surface area (Å²) in [6, 6.07) is 3.27. The van der Waals surface area contributed by atoms with Gasteiger partial charge in [-0.15, -0.1) is 0 Å².